The predicted molar refractivity (Wildman–Crippen MR) is 136 cm³/mol. The lowest BCUT2D eigenvalue weighted by Gasteiger charge is -2.40. The Bertz CT molecular complexity index is 864. The molecule has 0 saturated carbocycles. The summed E-state index contributed by atoms with van der Waals surface area (Å²) in [6.45, 7) is 23.9. The second-order valence-electron chi connectivity index (χ2n) is 11.7. The summed E-state index contributed by atoms with van der Waals surface area (Å²) in [5, 5.41) is 10.1. The number of rotatable bonds is 10. The molecular weight excluding hydrogens is 420 g/mol. The maximum Gasteiger partial charge on any atom is 0.192 e. The molecule has 1 aromatic carbocycles. The molecule has 0 aliphatic heterocycles. The van der Waals surface area contributed by atoms with E-state index in [9.17, 15) is 5.11 Å². The van der Waals surface area contributed by atoms with Crippen molar-refractivity contribution in [2.24, 2.45) is 5.92 Å². The van der Waals surface area contributed by atoms with Gasteiger partial charge in [-0.05, 0) is 36.2 Å². The van der Waals surface area contributed by atoms with Crippen molar-refractivity contribution < 1.29 is 14.3 Å². The molecule has 0 fully saturated rings. The van der Waals surface area contributed by atoms with Crippen molar-refractivity contribution in [1.29, 1.82) is 0 Å². The fourth-order valence-electron chi connectivity index (χ4n) is 3.30. The van der Waals surface area contributed by atoms with Gasteiger partial charge in [0.2, 0.25) is 0 Å². The van der Waals surface area contributed by atoms with E-state index in [0.717, 1.165) is 29.2 Å². The van der Waals surface area contributed by atoms with Crippen LogP contribution in [0.4, 0.5) is 0 Å². The van der Waals surface area contributed by atoms with Crippen LogP contribution in [0.3, 0.4) is 0 Å². The second kappa shape index (κ2) is 9.87. The number of benzene rings is 1. The van der Waals surface area contributed by atoms with Gasteiger partial charge < -0.3 is 18.8 Å². The van der Waals surface area contributed by atoms with E-state index < -0.39 is 16.4 Å². The van der Waals surface area contributed by atoms with Gasteiger partial charge in [0.1, 0.15) is 19.2 Å². The molecule has 176 valence electrons. The Hall–Kier alpha value is -0.996. The van der Waals surface area contributed by atoms with Crippen LogP contribution in [0.1, 0.15) is 52.1 Å². The molecule has 0 aliphatic rings. The van der Waals surface area contributed by atoms with Crippen molar-refractivity contribution in [2.75, 3.05) is 6.61 Å². The lowest BCUT2D eigenvalue weighted by Crippen LogP contribution is -2.42. The SMILES string of the molecule is CC(C)C(O[Si](C)(C)C(C)(C)C)c1cccc2c1nc(CO)n2COCC[Si](C)(C)C. The molecule has 0 radical (unpaired) electrons. The summed E-state index contributed by atoms with van der Waals surface area (Å²) in [5.41, 5.74) is 3.02. The number of fused-ring (bicyclic) bond motifs is 1. The summed E-state index contributed by atoms with van der Waals surface area (Å²) in [5.74, 6) is 0.959. The van der Waals surface area contributed by atoms with Gasteiger partial charge in [0.05, 0.1) is 17.1 Å². The van der Waals surface area contributed by atoms with Crippen LogP contribution in [0.2, 0.25) is 43.8 Å². The zero-order chi connectivity index (χ0) is 23.6. The molecule has 0 aliphatic carbocycles. The van der Waals surface area contributed by atoms with Crippen LogP contribution in [-0.4, -0.2) is 37.7 Å². The van der Waals surface area contributed by atoms with Crippen molar-refractivity contribution in [3.05, 3.63) is 29.6 Å². The van der Waals surface area contributed by atoms with E-state index in [1.165, 1.54) is 0 Å². The predicted octanol–water partition coefficient (Wildman–Crippen LogP) is 6.56. The first kappa shape index (κ1) is 26.3. The number of aromatic nitrogens is 2. The average Bonchev–Trinajstić information content (AvgIpc) is 2.99. The van der Waals surface area contributed by atoms with E-state index in [2.05, 4.69) is 85.6 Å². The third kappa shape index (κ3) is 6.51. The largest absolute Gasteiger partial charge is 0.410 e. The third-order valence-electron chi connectivity index (χ3n) is 6.39. The van der Waals surface area contributed by atoms with Gasteiger partial charge in [0, 0.05) is 20.2 Å². The molecule has 5 nitrogen and oxygen atoms in total. The van der Waals surface area contributed by atoms with Crippen LogP contribution in [0, 0.1) is 5.92 Å². The Morgan fingerprint density at radius 1 is 1.10 bits per heavy atom. The van der Waals surface area contributed by atoms with E-state index in [0.29, 0.717) is 18.5 Å². The molecule has 2 aromatic rings. The van der Waals surface area contributed by atoms with Gasteiger partial charge in [-0.2, -0.15) is 0 Å². The Kier molecular flexibility index (Phi) is 8.36. The summed E-state index contributed by atoms with van der Waals surface area (Å²) in [7, 11) is -3.11. The van der Waals surface area contributed by atoms with E-state index in [-0.39, 0.29) is 17.7 Å². The minimum absolute atomic E-state index is 0.0349. The Morgan fingerprint density at radius 3 is 2.26 bits per heavy atom. The van der Waals surface area contributed by atoms with E-state index in [1.807, 2.05) is 4.57 Å². The number of imidazole rings is 1. The number of ether oxygens (including phenoxy) is 1. The van der Waals surface area contributed by atoms with Crippen molar-refractivity contribution in [1.82, 2.24) is 9.55 Å². The maximum atomic E-state index is 9.98. The molecule has 1 N–H and O–H groups in total. The van der Waals surface area contributed by atoms with Gasteiger partial charge in [-0.15, -0.1) is 0 Å². The normalized spacial score (nSPS) is 14.6. The molecule has 0 amide bonds. The van der Waals surface area contributed by atoms with Gasteiger partial charge in [-0.1, -0.05) is 66.4 Å². The van der Waals surface area contributed by atoms with Gasteiger partial charge in [-0.3, -0.25) is 0 Å². The molecule has 1 aromatic heterocycles. The minimum Gasteiger partial charge on any atom is -0.410 e. The van der Waals surface area contributed by atoms with Crippen LogP contribution in [0.25, 0.3) is 11.0 Å². The fourth-order valence-corrected chi connectivity index (χ4v) is 5.44. The molecule has 0 spiro atoms. The Morgan fingerprint density at radius 2 is 1.74 bits per heavy atom. The molecule has 0 bridgehead atoms. The highest BCUT2D eigenvalue weighted by Crippen LogP contribution is 2.42. The quantitative estimate of drug-likeness (QED) is 0.319. The van der Waals surface area contributed by atoms with Gasteiger partial charge in [0.15, 0.2) is 8.32 Å². The van der Waals surface area contributed by atoms with E-state index in [1.54, 1.807) is 0 Å². The van der Waals surface area contributed by atoms with E-state index in [4.69, 9.17) is 14.1 Å². The average molecular weight is 465 g/mol. The lowest BCUT2D eigenvalue weighted by molar-refractivity contribution is 0.0845. The van der Waals surface area contributed by atoms with Crippen molar-refractivity contribution in [3.8, 4) is 0 Å². The summed E-state index contributed by atoms with van der Waals surface area (Å²) < 4.78 is 14.9. The van der Waals surface area contributed by atoms with Crippen molar-refractivity contribution >= 4 is 27.4 Å². The molecule has 0 saturated heterocycles. The zero-order valence-corrected chi connectivity index (χ0v) is 23.4. The summed E-state index contributed by atoms with van der Waals surface area (Å²) in [4.78, 5) is 4.83. The minimum atomic E-state index is -1.96. The van der Waals surface area contributed by atoms with Crippen LogP contribution >= 0.6 is 0 Å². The topological polar surface area (TPSA) is 56.5 Å². The standard InChI is InChI=1S/C24H44N2O3Si2/c1-18(2)23(29-31(9,10)24(3,4)5)19-12-11-13-20-22(19)25-21(16-27)26(20)17-28-14-15-30(6,7)8/h11-13,18,23,27H,14-17H2,1-10H3. The molecule has 1 heterocycles. The van der Waals surface area contributed by atoms with Gasteiger partial charge in [0.25, 0.3) is 0 Å². The van der Waals surface area contributed by atoms with Crippen LogP contribution < -0.4 is 0 Å². The number of hydrogen-bond donors (Lipinski definition) is 1. The highest BCUT2D eigenvalue weighted by Gasteiger charge is 2.40. The zero-order valence-electron chi connectivity index (χ0n) is 21.4. The molecule has 31 heavy (non-hydrogen) atoms. The van der Waals surface area contributed by atoms with Gasteiger partial charge >= 0.3 is 0 Å². The maximum absolute atomic E-state index is 9.98. The van der Waals surface area contributed by atoms with Gasteiger partial charge in [-0.25, -0.2) is 4.98 Å². The van der Waals surface area contributed by atoms with Crippen LogP contribution in [0.15, 0.2) is 18.2 Å². The second-order valence-corrected chi connectivity index (χ2v) is 22.1. The number of aliphatic hydroxyl groups excluding tert-OH is 1. The summed E-state index contributed by atoms with van der Waals surface area (Å²) >= 11 is 0. The first-order valence-corrected chi connectivity index (χ1v) is 18.1. The Balaban J connectivity index is 2.41. The number of hydrogen-bond acceptors (Lipinski definition) is 4. The number of aliphatic hydroxyl groups is 1. The fraction of sp³-hybridized carbons (Fsp3) is 0.708. The summed E-state index contributed by atoms with van der Waals surface area (Å²) in [6, 6.07) is 7.39. The van der Waals surface area contributed by atoms with Crippen molar-refractivity contribution in [3.63, 3.8) is 0 Å². The van der Waals surface area contributed by atoms with Crippen LogP contribution in [-0.2, 0) is 22.5 Å². The third-order valence-corrected chi connectivity index (χ3v) is 12.5. The Labute approximate surface area is 191 Å². The molecule has 2 rings (SSSR count). The smallest absolute Gasteiger partial charge is 0.192 e. The first-order chi connectivity index (χ1) is 14.2. The van der Waals surface area contributed by atoms with Crippen LogP contribution in [0.5, 0.6) is 0 Å². The molecule has 1 unspecified atom stereocenters. The molecule has 7 heteroatoms. The van der Waals surface area contributed by atoms with E-state index >= 15 is 0 Å². The highest BCUT2D eigenvalue weighted by atomic mass is 28.4. The molecular formula is C24H44N2O3Si2. The summed E-state index contributed by atoms with van der Waals surface area (Å²) in [6.07, 6.45) is -0.0349. The monoisotopic (exact) mass is 464 g/mol. The number of nitrogens with zero attached hydrogens (tertiary/aromatic N) is 2. The molecule has 1 atom stereocenters. The number of para-hydroxylation sites is 1. The lowest BCUT2D eigenvalue weighted by atomic mass is 9.98. The van der Waals surface area contributed by atoms with Crippen molar-refractivity contribution in [2.45, 2.75) is 97.9 Å². The first-order valence-electron chi connectivity index (χ1n) is 11.5. The highest BCUT2D eigenvalue weighted by molar-refractivity contribution is 6.76.